The molecule has 2 aromatic rings. The van der Waals surface area contributed by atoms with E-state index >= 15 is 0 Å². The summed E-state index contributed by atoms with van der Waals surface area (Å²) in [6.07, 6.45) is 2.36. The Hall–Kier alpha value is -1.87. The van der Waals surface area contributed by atoms with Gasteiger partial charge in [0.05, 0.1) is 0 Å². The Kier molecular flexibility index (Phi) is 4.20. The van der Waals surface area contributed by atoms with Gasteiger partial charge in [0.15, 0.2) is 0 Å². The third-order valence-electron chi connectivity index (χ3n) is 4.13. The Balaban J connectivity index is 1.69. The predicted octanol–water partition coefficient (Wildman–Crippen LogP) is 4.03. The topological polar surface area (TPSA) is 24.1 Å². The van der Waals surface area contributed by atoms with Gasteiger partial charge in [-0.2, -0.15) is 0 Å². The fourth-order valence-corrected chi connectivity index (χ4v) is 2.86. The van der Waals surface area contributed by atoms with Gasteiger partial charge in [-0.3, -0.25) is 0 Å². The molecule has 0 aromatic heterocycles. The van der Waals surface area contributed by atoms with E-state index in [0.717, 1.165) is 25.1 Å². The standard InChI is InChI=1S/C18H21FN2/c1-13(14-7-9-17(19)10-8-14)21-12-16-5-2-4-15-6-3-11-20-18(15)16/h2,4-5,7-10,13,20-21H,3,6,11-12H2,1H3/t13-/m0/s1. The summed E-state index contributed by atoms with van der Waals surface area (Å²) in [5, 5.41) is 7.03. The highest BCUT2D eigenvalue weighted by molar-refractivity contribution is 5.59. The molecule has 1 heterocycles. The summed E-state index contributed by atoms with van der Waals surface area (Å²) in [4.78, 5) is 0. The van der Waals surface area contributed by atoms with E-state index in [1.165, 1.54) is 35.4 Å². The van der Waals surface area contributed by atoms with E-state index in [9.17, 15) is 4.39 Å². The van der Waals surface area contributed by atoms with E-state index in [0.29, 0.717) is 0 Å². The predicted molar refractivity (Wildman–Crippen MR) is 84.9 cm³/mol. The number of halogens is 1. The molecule has 110 valence electrons. The minimum Gasteiger partial charge on any atom is -0.385 e. The first-order valence-corrected chi connectivity index (χ1v) is 7.57. The molecule has 1 aliphatic rings. The molecule has 3 heteroatoms. The second-order valence-electron chi connectivity index (χ2n) is 5.64. The van der Waals surface area contributed by atoms with Crippen LogP contribution in [-0.2, 0) is 13.0 Å². The zero-order valence-electron chi connectivity index (χ0n) is 12.3. The molecule has 2 aromatic carbocycles. The van der Waals surface area contributed by atoms with Gasteiger partial charge in [0.25, 0.3) is 0 Å². The van der Waals surface area contributed by atoms with Crippen LogP contribution in [0.5, 0.6) is 0 Å². The Bertz CT molecular complexity index is 607. The Morgan fingerprint density at radius 3 is 2.81 bits per heavy atom. The summed E-state index contributed by atoms with van der Waals surface area (Å²) in [5.41, 5.74) is 5.12. The van der Waals surface area contributed by atoms with Gasteiger partial charge in [-0.25, -0.2) is 4.39 Å². The molecule has 0 saturated heterocycles. The maximum Gasteiger partial charge on any atom is 0.123 e. The maximum atomic E-state index is 13.0. The van der Waals surface area contributed by atoms with Crippen LogP contribution in [0.2, 0.25) is 0 Å². The third-order valence-corrected chi connectivity index (χ3v) is 4.13. The molecule has 1 aliphatic heterocycles. The van der Waals surface area contributed by atoms with Crippen molar-refractivity contribution < 1.29 is 4.39 Å². The van der Waals surface area contributed by atoms with E-state index in [2.05, 4.69) is 35.8 Å². The highest BCUT2D eigenvalue weighted by Gasteiger charge is 2.13. The van der Waals surface area contributed by atoms with E-state index in [1.807, 2.05) is 12.1 Å². The van der Waals surface area contributed by atoms with E-state index in [4.69, 9.17) is 0 Å². The van der Waals surface area contributed by atoms with Crippen molar-refractivity contribution in [3.63, 3.8) is 0 Å². The number of aryl methyl sites for hydroxylation is 1. The molecule has 0 aliphatic carbocycles. The summed E-state index contributed by atoms with van der Waals surface area (Å²) in [7, 11) is 0. The van der Waals surface area contributed by atoms with Gasteiger partial charge in [-0.15, -0.1) is 0 Å². The molecule has 3 rings (SSSR count). The second kappa shape index (κ2) is 6.27. The number of rotatable bonds is 4. The average molecular weight is 284 g/mol. The normalized spacial score (nSPS) is 15.1. The van der Waals surface area contributed by atoms with Gasteiger partial charge >= 0.3 is 0 Å². The van der Waals surface area contributed by atoms with Crippen molar-refractivity contribution in [2.45, 2.75) is 32.4 Å². The number of para-hydroxylation sites is 1. The van der Waals surface area contributed by atoms with Crippen LogP contribution in [0.15, 0.2) is 42.5 Å². The van der Waals surface area contributed by atoms with E-state index in [-0.39, 0.29) is 11.9 Å². The second-order valence-corrected chi connectivity index (χ2v) is 5.64. The number of benzene rings is 2. The molecule has 0 saturated carbocycles. The summed E-state index contributed by atoms with van der Waals surface area (Å²) >= 11 is 0. The van der Waals surface area contributed by atoms with Gasteiger partial charge in [-0.1, -0.05) is 30.3 Å². The first-order chi connectivity index (χ1) is 10.2. The minimum atomic E-state index is -0.188. The Labute approximate surface area is 125 Å². The fourth-order valence-electron chi connectivity index (χ4n) is 2.86. The molecule has 0 amide bonds. The Morgan fingerprint density at radius 1 is 1.19 bits per heavy atom. The van der Waals surface area contributed by atoms with Gasteiger partial charge in [-0.05, 0) is 48.6 Å². The van der Waals surface area contributed by atoms with Crippen molar-refractivity contribution in [2.75, 3.05) is 11.9 Å². The maximum absolute atomic E-state index is 13.0. The lowest BCUT2D eigenvalue weighted by molar-refractivity contribution is 0.571. The molecule has 2 N–H and O–H groups in total. The monoisotopic (exact) mass is 284 g/mol. The zero-order chi connectivity index (χ0) is 14.7. The molecular formula is C18H21FN2. The molecular weight excluding hydrogens is 263 g/mol. The molecule has 0 bridgehead atoms. The van der Waals surface area contributed by atoms with Crippen molar-refractivity contribution in [2.24, 2.45) is 0 Å². The largest absolute Gasteiger partial charge is 0.385 e. The van der Waals surface area contributed by atoms with E-state index in [1.54, 1.807) is 0 Å². The van der Waals surface area contributed by atoms with Crippen molar-refractivity contribution in [3.05, 3.63) is 65.0 Å². The highest BCUT2D eigenvalue weighted by atomic mass is 19.1. The molecule has 2 nitrogen and oxygen atoms in total. The number of nitrogens with one attached hydrogen (secondary N) is 2. The van der Waals surface area contributed by atoms with Crippen LogP contribution in [0.1, 0.15) is 36.1 Å². The van der Waals surface area contributed by atoms with Gasteiger partial charge in [0.2, 0.25) is 0 Å². The summed E-state index contributed by atoms with van der Waals surface area (Å²) in [6.45, 7) is 3.97. The molecule has 0 radical (unpaired) electrons. The summed E-state index contributed by atoms with van der Waals surface area (Å²) in [6, 6.07) is 13.4. The third kappa shape index (κ3) is 3.24. The average Bonchev–Trinajstić information content (AvgIpc) is 2.53. The van der Waals surface area contributed by atoms with Crippen molar-refractivity contribution in [1.29, 1.82) is 0 Å². The highest BCUT2D eigenvalue weighted by Crippen LogP contribution is 2.26. The SMILES string of the molecule is C[C@H](NCc1cccc2c1NCCC2)c1ccc(F)cc1. The van der Waals surface area contributed by atoms with Gasteiger partial charge in [0.1, 0.15) is 5.82 Å². The molecule has 1 atom stereocenters. The van der Waals surface area contributed by atoms with Gasteiger partial charge in [0, 0.05) is 24.8 Å². The van der Waals surface area contributed by atoms with Crippen LogP contribution in [0.3, 0.4) is 0 Å². The van der Waals surface area contributed by atoms with Crippen molar-refractivity contribution in [1.82, 2.24) is 5.32 Å². The number of fused-ring (bicyclic) bond motifs is 1. The number of hydrogen-bond acceptors (Lipinski definition) is 2. The Morgan fingerprint density at radius 2 is 2.00 bits per heavy atom. The van der Waals surface area contributed by atoms with Crippen LogP contribution in [-0.4, -0.2) is 6.54 Å². The quantitative estimate of drug-likeness (QED) is 0.885. The van der Waals surface area contributed by atoms with Crippen LogP contribution >= 0.6 is 0 Å². The fraction of sp³-hybridized carbons (Fsp3) is 0.333. The molecule has 0 fully saturated rings. The lowest BCUT2D eigenvalue weighted by Gasteiger charge is -2.22. The lowest BCUT2D eigenvalue weighted by atomic mass is 9.99. The van der Waals surface area contributed by atoms with Crippen LogP contribution in [0, 0.1) is 5.82 Å². The van der Waals surface area contributed by atoms with Crippen LogP contribution < -0.4 is 10.6 Å². The van der Waals surface area contributed by atoms with Gasteiger partial charge < -0.3 is 10.6 Å². The molecule has 0 unspecified atom stereocenters. The summed E-state index contributed by atoms with van der Waals surface area (Å²) < 4.78 is 13.0. The van der Waals surface area contributed by atoms with E-state index < -0.39 is 0 Å². The number of anilines is 1. The van der Waals surface area contributed by atoms with Crippen molar-refractivity contribution in [3.8, 4) is 0 Å². The summed E-state index contributed by atoms with van der Waals surface area (Å²) in [5.74, 6) is -0.188. The molecule has 0 spiro atoms. The zero-order valence-corrected chi connectivity index (χ0v) is 12.3. The first kappa shape index (κ1) is 14.1. The van der Waals surface area contributed by atoms with Crippen molar-refractivity contribution >= 4 is 5.69 Å². The molecule has 21 heavy (non-hydrogen) atoms. The lowest BCUT2D eigenvalue weighted by Crippen LogP contribution is -2.21. The minimum absolute atomic E-state index is 0.188. The smallest absolute Gasteiger partial charge is 0.123 e. The van der Waals surface area contributed by atoms with Crippen LogP contribution in [0.25, 0.3) is 0 Å². The van der Waals surface area contributed by atoms with Crippen LogP contribution in [0.4, 0.5) is 10.1 Å². The number of hydrogen-bond donors (Lipinski definition) is 2. The first-order valence-electron chi connectivity index (χ1n) is 7.57.